The van der Waals surface area contributed by atoms with Gasteiger partial charge in [0.05, 0.1) is 24.1 Å². The lowest BCUT2D eigenvalue weighted by Gasteiger charge is -2.42. The summed E-state index contributed by atoms with van der Waals surface area (Å²) in [6.07, 6.45) is 1.33. The number of amides is 2. The summed E-state index contributed by atoms with van der Waals surface area (Å²) in [6, 6.07) is 6.89. The molecule has 0 spiro atoms. The van der Waals surface area contributed by atoms with Gasteiger partial charge in [-0.05, 0) is 43.0 Å². The monoisotopic (exact) mass is 428 g/mol. The summed E-state index contributed by atoms with van der Waals surface area (Å²) in [4.78, 5) is 25.0. The lowest BCUT2D eigenvalue weighted by atomic mass is 9.82. The van der Waals surface area contributed by atoms with Gasteiger partial charge in [0.25, 0.3) is 5.91 Å². The highest BCUT2D eigenvalue weighted by Gasteiger charge is 2.42. The first-order valence-corrected chi connectivity index (χ1v) is 10.0. The lowest BCUT2D eigenvalue weighted by Crippen LogP contribution is -2.51. The van der Waals surface area contributed by atoms with E-state index in [0.717, 1.165) is 0 Å². The summed E-state index contributed by atoms with van der Waals surface area (Å²) in [5.74, 6) is -1.37. The average Bonchev–Trinajstić information content (AvgIpc) is 3.12. The molecular weight excluding hydrogens is 403 g/mol. The highest BCUT2D eigenvalue weighted by Crippen LogP contribution is 2.36. The van der Waals surface area contributed by atoms with E-state index in [-0.39, 0.29) is 23.8 Å². The summed E-state index contributed by atoms with van der Waals surface area (Å²) in [5, 5.41) is 26.9. The Kier molecular flexibility index (Phi) is 6.44. The number of carbonyl (C=O) groups is 2. The number of nitriles is 1. The fourth-order valence-corrected chi connectivity index (χ4v) is 4.03. The molecule has 1 aliphatic rings. The van der Waals surface area contributed by atoms with Crippen molar-refractivity contribution >= 4 is 23.5 Å². The molecule has 1 aromatic carbocycles. The number of rotatable bonds is 6. The SMILES string of the molecule is CC(C)CC1[C@H](C#N)[C@H](n2cc(C(N)=O)c(Nc3ccc(F)cc3)n2)CCN1C(=O)O. The number of carboxylic acid groups (broad SMARTS) is 1. The van der Waals surface area contributed by atoms with Crippen molar-refractivity contribution in [1.82, 2.24) is 14.7 Å². The molecule has 2 amide bonds. The van der Waals surface area contributed by atoms with Crippen molar-refractivity contribution in [3.05, 3.63) is 41.8 Å². The number of piperidine rings is 1. The van der Waals surface area contributed by atoms with Crippen molar-refractivity contribution in [2.75, 3.05) is 11.9 Å². The topological polar surface area (TPSA) is 137 Å². The first kappa shape index (κ1) is 22.1. The van der Waals surface area contributed by atoms with Crippen LogP contribution in [0.3, 0.4) is 0 Å². The van der Waals surface area contributed by atoms with Gasteiger partial charge in [-0.25, -0.2) is 9.18 Å². The van der Waals surface area contributed by atoms with Gasteiger partial charge in [-0.15, -0.1) is 0 Å². The van der Waals surface area contributed by atoms with Gasteiger partial charge >= 0.3 is 6.09 Å². The van der Waals surface area contributed by atoms with Crippen molar-refractivity contribution in [3.8, 4) is 6.07 Å². The van der Waals surface area contributed by atoms with Crippen LogP contribution >= 0.6 is 0 Å². The van der Waals surface area contributed by atoms with Gasteiger partial charge in [0.15, 0.2) is 5.82 Å². The van der Waals surface area contributed by atoms with Crippen LogP contribution in [0.15, 0.2) is 30.5 Å². The number of halogens is 1. The largest absolute Gasteiger partial charge is 0.465 e. The van der Waals surface area contributed by atoms with Gasteiger partial charge in [-0.2, -0.15) is 10.4 Å². The fourth-order valence-electron chi connectivity index (χ4n) is 4.03. The molecular formula is C21H25FN6O3. The summed E-state index contributed by atoms with van der Waals surface area (Å²) in [5.41, 5.74) is 6.16. The van der Waals surface area contributed by atoms with E-state index in [1.54, 1.807) is 0 Å². The molecule has 1 saturated heterocycles. The summed E-state index contributed by atoms with van der Waals surface area (Å²) in [6.45, 7) is 4.20. The number of hydrogen-bond donors (Lipinski definition) is 3. The molecule has 1 unspecified atom stereocenters. The van der Waals surface area contributed by atoms with Crippen molar-refractivity contribution in [3.63, 3.8) is 0 Å². The Bertz CT molecular complexity index is 998. The van der Waals surface area contributed by atoms with Crippen LogP contribution in [0.4, 0.5) is 20.7 Å². The van der Waals surface area contributed by atoms with E-state index >= 15 is 0 Å². The summed E-state index contributed by atoms with van der Waals surface area (Å²) in [7, 11) is 0. The maximum absolute atomic E-state index is 13.2. The van der Waals surface area contributed by atoms with Crippen molar-refractivity contribution in [2.45, 2.75) is 38.8 Å². The molecule has 2 aromatic rings. The smallest absolute Gasteiger partial charge is 0.407 e. The molecule has 0 aliphatic carbocycles. The Balaban J connectivity index is 1.95. The maximum Gasteiger partial charge on any atom is 0.407 e. The minimum atomic E-state index is -1.05. The predicted octanol–water partition coefficient (Wildman–Crippen LogP) is 3.34. The van der Waals surface area contributed by atoms with Crippen LogP contribution in [0.1, 0.15) is 43.1 Å². The van der Waals surface area contributed by atoms with E-state index in [1.807, 2.05) is 13.8 Å². The Morgan fingerprint density at radius 1 is 1.39 bits per heavy atom. The van der Waals surface area contributed by atoms with E-state index < -0.39 is 35.8 Å². The molecule has 1 aliphatic heterocycles. The molecule has 0 saturated carbocycles. The number of nitrogens with one attached hydrogen (secondary N) is 1. The van der Waals surface area contributed by atoms with Crippen LogP contribution in [-0.4, -0.2) is 44.4 Å². The highest BCUT2D eigenvalue weighted by molar-refractivity contribution is 5.98. The molecule has 164 valence electrons. The van der Waals surface area contributed by atoms with E-state index in [9.17, 15) is 24.3 Å². The van der Waals surface area contributed by atoms with E-state index in [1.165, 1.54) is 40.0 Å². The molecule has 1 fully saturated rings. The Hall–Kier alpha value is -3.61. The van der Waals surface area contributed by atoms with Crippen LogP contribution in [0, 0.1) is 29.0 Å². The van der Waals surface area contributed by atoms with Gasteiger partial charge in [-0.1, -0.05) is 13.8 Å². The number of carbonyl (C=O) groups excluding carboxylic acids is 1. The quantitative estimate of drug-likeness (QED) is 0.645. The van der Waals surface area contributed by atoms with Gasteiger partial charge in [0.1, 0.15) is 11.4 Å². The number of aromatic nitrogens is 2. The third kappa shape index (κ3) is 4.77. The number of nitrogens with two attached hydrogens (primary N) is 1. The van der Waals surface area contributed by atoms with Gasteiger partial charge < -0.3 is 21.1 Å². The molecule has 10 heteroatoms. The molecule has 3 atom stereocenters. The first-order valence-electron chi connectivity index (χ1n) is 10.0. The normalized spacial score (nSPS) is 21.0. The molecule has 31 heavy (non-hydrogen) atoms. The Labute approximate surface area is 179 Å². The highest BCUT2D eigenvalue weighted by atomic mass is 19.1. The van der Waals surface area contributed by atoms with Crippen molar-refractivity contribution in [1.29, 1.82) is 5.26 Å². The molecule has 9 nitrogen and oxygen atoms in total. The molecule has 2 heterocycles. The van der Waals surface area contributed by atoms with Gasteiger partial charge in [0, 0.05) is 18.4 Å². The minimum absolute atomic E-state index is 0.127. The first-order chi connectivity index (χ1) is 14.7. The second-order valence-corrected chi connectivity index (χ2v) is 8.05. The zero-order valence-corrected chi connectivity index (χ0v) is 17.3. The standard InChI is InChI=1S/C21H25FN6O3/c1-12(2)9-18-15(10-23)17(7-8-27(18)21(30)31)28-11-16(19(24)29)20(26-28)25-14-5-3-13(22)4-6-14/h3-6,11-12,15,17-18H,7-9H2,1-2H3,(H2,24,29)(H,25,26)(H,30,31)/t15-,17-,18?/m1/s1. The zero-order chi connectivity index (χ0) is 22.7. The van der Waals surface area contributed by atoms with E-state index in [0.29, 0.717) is 18.5 Å². The van der Waals surface area contributed by atoms with E-state index in [2.05, 4.69) is 16.5 Å². The number of nitrogens with zero attached hydrogens (tertiary/aromatic N) is 4. The number of likely N-dealkylation sites (tertiary alicyclic amines) is 1. The number of benzene rings is 1. The van der Waals surface area contributed by atoms with Crippen molar-refractivity contribution < 1.29 is 19.1 Å². The van der Waals surface area contributed by atoms with Crippen LogP contribution in [0.2, 0.25) is 0 Å². The second kappa shape index (κ2) is 9.04. The van der Waals surface area contributed by atoms with Crippen LogP contribution in [0.5, 0.6) is 0 Å². The van der Waals surface area contributed by atoms with Crippen LogP contribution < -0.4 is 11.1 Å². The van der Waals surface area contributed by atoms with Crippen LogP contribution in [-0.2, 0) is 0 Å². The third-order valence-electron chi connectivity index (χ3n) is 5.45. The fraction of sp³-hybridized carbons (Fsp3) is 0.429. The number of hydrogen-bond acceptors (Lipinski definition) is 5. The van der Waals surface area contributed by atoms with Crippen molar-refractivity contribution in [2.24, 2.45) is 17.6 Å². The minimum Gasteiger partial charge on any atom is -0.465 e. The predicted molar refractivity (Wildman–Crippen MR) is 111 cm³/mol. The average molecular weight is 428 g/mol. The van der Waals surface area contributed by atoms with E-state index in [4.69, 9.17) is 5.73 Å². The molecule has 1 aromatic heterocycles. The Morgan fingerprint density at radius 2 is 2.06 bits per heavy atom. The van der Waals surface area contributed by atoms with Gasteiger partial charge in [0.2, 0.25) is 0 Å². The molecule has 0 radical (unpaired) electrons. The Morgan fingerprint density at radius 3 is 2.61 bits per heavy atom. The third-order valence-corrected chi connectivity index (χ3v) is 5.45. The second-order valence-electron chi connectivity index (χ2n) is 8.05. The zero-order valence-electron chi connectivity index (χ0n) is 17.3. The van der Waals surface area contributed by atoms with Gasteiger partial charge in [-0.3, -0.25) is 9.48 Å². The maximum atomic E-state index is 13.2. The van der Waals surface area contributed by atoms with Crippen LogP contribution in [0.25, 0.3) is 0 Å². The number of anilines is 2. The summed E-state index contributed by atoms with van der Waals surface area (Å²) < 4.78 is 14.7. The lowest BCUT2D eigenvalue weighted by molar-refractivity contribution is 0.0578. The molecule has 3 rings (SSSR count). The summed E-state index contributed by atoms with van der Waals surface area (Å²) >= 11 is 0. The molecule has 0 bridgehead atoms. The molecule has 4 N–H and O–H groups in total. The number of primary amides is 1.